The lowest BCUT2D eigenvalue weighted by atomic mass is 10.1. The van der Waals surface area contributed by atoms with Crippen LogP contribution in [0, 0.1) is 5.92 Å². The number of hydrogen-bond donors (Lipinski definition) is 0. The highest BCUT2D eigenvalue weighted by Crippen LogP contribution is 2.27. The molecule has 0 bridgehead atoms. The Balaban J connectivity index is 2.16. The number of ether oxygens (including phenoxy) is 1. The van der Waals surface area contributed by atoms with Crippen molar-refractivity contribution in [3.8, 4) is 5.75 Å². The molecule has 4 heteroatoms. The molecule has 0 aromatic heterocycles. The zero-order valence-electron chi connectivity index (χ0n) is 10.1. The van der Waals surface area contributed by atoms with Gasteiger partial charge in [-0.2, -0.15) is 0 Å². The quantitative estimate of drug-likeness (QED) is 0.859. The van der Waals surface area contributed by atoms with Crippen LogP contribution in [-0.2, 0) is 11.3 Å². The fourth-order valence-corrected chi connectivity index (χ4v) is 2.52. The summed E-state index contributed by atoms with van der Waals surface area (Å²) < 4.78 is 6.32. The summed E-state index contributed by atoms with van der Waals surface area (Å²) in [4.78, 5) is 13.6. The summed E-state index contributed by atoms with van der Waals surface area (Å²) in [5.41, 5.74) is 1.05. The molecule has 1 saturated heterocycles. The van der Waals surface area contributed by atoms with Gasteiger partial charge in [0.1, 0.15) is 5.75 Å². The van der Waals surface area contributed by atoms with Crippen molar-refractivity contribution in [2.45, 2.75) is 19.9 Å². The number of carbonyl (C=O) groups is 1. The summed E-state index contributed by atoms with van der Waals surface area (Å²) in [6.45, 7) is 3.59. The fraction of sp³-hybridized carbons (Fsp3) is 0.462. The summed E-state index contributed by atoms with van der Waals surface area (Å²) >= 11 is 3.41. The van der Waals surface area contributed by atoms with Gasteiger partial charge in [0.05, 0.1) is 7.11 Å². The van der Waals surface area contributed by atoms with E-state index in [1.807, 2.05) is 23.1 Å². The van der Waals surface area contributed by atoms with E-state index in [4.69, 9.17) is 4.74 Å². The normalized spacial score (nSPS) is 19.8. The van der Waals surface area contributed by atoms with Gasteiger partial charge in [0, 0.05) is 29.5 Å². The Kier molecular flexibility index (Phi) is 3.72. The first-order valence-corrected chi connectivity index (χ1v) is 6.49. The van der Waals surface area contributed by atoms with E-state index in [1.165, 1.54) is 0 Å². The lowest BCUT2D eigenvalue weighted by molar-refractivity contribution is -0.128. The summed E-state index contributed by atoms with van der Waals surface area (Å²) in [6, 6.07) is 5.90. The summed E-state index contributed by atoms with van der Waals surface area (Å²) in [6.07, 6.45) is 0.666. The predicted molar refractivity (Wildman–Crippen MR) is 69.9 cm³/mol. The molecule has 17 heavy (non-hydrogen) atoms. The molecular weight excluding hydrogens is 282 g/mol. The molecule has 1 amide bonds. The summed E-state index contributed by atoms with van der Waals surface area (Å²) in [7, 11) is 1.65. The van der Waals surface area contributed by atoms with E-state index in [0.29, 0.717) is 18.9 Å². The van der Waals surface area contributed by atoms with Crippen molar-refractivity contribution < 1.29 is 9.53 Å². The van der Waals surface area contributed by atoms with Crippen LogP contribution in [0.5, 0.6) is 5.75 Å². The number of likely N-dealkylation sites (tertiary alicyclic amines) is 1. The lowest BCUT2D eigenvalue weighted by Crippen LogP contribution is -2.24. The van der Waals surface area contributed by atoms with Crippen LogP contribution in [0.4, 0.5) is 0 Å². The SMILES string of the molecule is COc1cc(Br)ccc1CN1C[C@@H](C)CC1=O. The van der Waals surface area contributed by atoms with Crippen molar-refractivity contribution in [2.75, 3.05) is 13.7 Å². The predicted octanol–water partition coefficient (Wildman–Crippen LogP) is 2.83. The van der Waals surface area contributed by atoms with Gasteiger partial charge in [0.15, 0.2) is 0 Å². The van der Waals surface area contributed by atoms with E-state index in [9.17, 15) is 4.79 Å². The van der Waals surface area contributed by atoms with Gasteiger partial charge >= 0.3 is 0 Å². The lowest BCUT2D eigenvalue weighted by Gasteiger charge is -2.18. The van der Waals surface area contributed by atoms with E-state index in [1.54, 1.807) is 7.11 Å². The first-order chi connectivity index (χ1) is 8.10. The van der Waals surface area contributed by atoms with Crippen molar-refractivity contribution >= 4 is 21.8 Å². The van der Waals surface area contributed by atoms with Crippen LogP contribution in [-0.4, -0.2) is 24.5 Å². The first kappa shape index (κ1) is 12.4. The molecule has 1 aromatic rings. The third-order valence-electron chi connectivity index (χ3n) is 3.02. The molecule has 0 unspecified atom stereocenters. The molecule has 1 aliphatic heterocycles. The molecule has 3 nitrogen and oxygen atoms in total. The minimum Gasteiger partial charge on any atom is -0.496 e. The van der Waals surface area contributed by atoms with Crippen molar-refractivity contribution in [1.29, 1.82) is 0 Å². The number of hydrogen-bond acceptors (Lipinski definition) is 2. The molecule has 1 heterocycles. The van der Waals surface area contributed by atoms with Gasteiger partial charge < -0.3 is 9.64 Å². The van der Waals surface area contributed by atoms with Gasteiger partial charge in [-0.15, -0.1) is 0 Å². The molecule has 0 aliphatic carbocycles. The third kappa shape index (κ3) is 2.80. The second kappa shape index (κ2) is 5.08. The second-order valence-corrected chi connectivity index (χ2v) is 5.46. The van der Waals surface area contributed by atoms with E-state index >= 15 is 0 Å². The Morgan fingerprint density at radius 1 is 1.53 bits per heavy atom. The highest BCUT2D eigenvalue weighted by molar-refractivity contribution is 9.10. The maximum Gasteiger partial charge on any atom is 0.223 e. The van der Waals surface area contributed by atoms with E-state index in [-0.39, 0.29) is 5.91 Å². The average molecular weight is 298 g/mol. The molecule has 0 spiro atoms. The zero-order chi connectivity index (χ0) is 12.4. The summed E-state index contributed by atoms with van der Waals surface area (Å²) in [5, 5.41) is 0. The molecule has 0 saturated carbocycles. The smallest absolute Gasteiger partial charge is 0.223 e. The van der Waals surface area contributed by atoms with Crippen LogP contribution >= 0.6 is 15.9 Å². The van der Waals surface area contributed by atoms with Crippen molar-refractivity contribution in [3.63, 3.8) is 0 Å². The zero-order valence-corrected chi connectivity index (χ0v) is 11.7. The minimum absolute atomic E-state index is 0.238. The van der Waals surface area contributed by atoms with Gasteiger partial charge in [0.25, 0.3) is 0 Å². The van der Waals surface area contributed by atoms with Crippen molar-refractivity contribution in [1.82, 2.24) is 4.90 Å². The monoisotopic (exact) mass is 297 g/mol. The van der Waals surface area contributed by atoms with Crippen molar-refractivity contribution in [2.24, 2.45) is 5.92 Å². The van der Waals surface area contributed by atoms with Crippen LogP contribution < -0.4 is 4.74 Å². The van der Waals surface area contributed by atoms with E-state index < -0.39 is 0 Å². The number of methoxy groups -OCH3 is 1. The third-order valence-corrected chi connectivity index (χ3v) is 3.51. The number of carbonyl (C=O) groups excluding carboxylic acids is 1. The van der Waals surface area contributed by atoms with Crippen LogP contribution in [0.15, 0.2) is 22.7 Å². The standard InChI is InChI=1S/C13H16BrNO2/c1-9-5-13(16)15(7-9)8-10-3-4-11(14)6-12(10)17-2/h3-4,6,9H,5,7-8H2,1-2H3/t9-/m0/s1. The van der Waals surface area contributed by atoms with Gasteiger partial charge in [-0.05, 0) is 18.1 Å². The van der Waals surface area contributed by atoms with Crippen LogP contribution in [0.1, 0.15) is 18.9 Å². The minimum atomic E-state index is 0.238. The van der Waals surface area contributed by atoms with Gasteiger partial charge in [0.2, 0.25) is 5.91 Å². The number of rotatable bonds is 3. The molecule has 1 aliphatic rings. The van der Waals surface area contributed by atoms with E-state index in [0.717, 1.165) is 22.3 Å². The molecule has 1 fully saturated rings. The van der Waals surface area contributed by atoms with Gasteiger partial charge in [-0.1, -0.05) is 28.9 Å². The second-order valence-electron chi connectivity index (χ2n) is 4.54. The highest BCUT2D eigenvalue weighted by Gasteiger charge is 2.26. The summed E-state index contributed by atoms with van der Waals surface area (Å²) in [5.74, 6) is 1.53. The number of nitrogens with zero attached hydrogens (tertiary/aromatic N) is 1. The maximum absolute atomic E-state index is 11.7. The largest absolute Gasteiger partial charge is 0.496 e. The van der Waals surface area contributed by atoms with Crippen molar-refractivity contribution in [3.05, 3.63) is 28.2 Å². The Hall–Kier alpha value is -1.03. The highest BCUT2D eigenvalue weighted by atomic mass is 79.9. The average Bonchev–Trinajstić information content (AvgIpc) is 2.60. The molecule has 1 aromatic carbocycles. The maximum atomic E-state index is 11.7. The van der Waals surface area contributed by atoms with Crippen LogP contribution in [0.2, 0.25) is 0 Å². The molecule has 92 valence electrons. The van der Waals surface area contributed by atoms with Gasteiger partial charge in [-0.25, -0.2) is 0 Å². The first-order valence-electron chi connectivity index (χ1n) is 5.70. The topological polar surface area (TPSA) is 29.5 Å². The molecular formula is C13H16BrNO2. The molecule has 0 N–H and O–H groups in total. The van der Waals surface area contributed by atoms with Gasteiger partial charge in [-0.3, -0.25) is 4.79 Å². The number of amides is 1. The Bertz CT molecular complexity index is 433. The number of benzene rings is 1. The fourth-order valence-electron chi connectivity index (χ4n) is 2.18. The van der Waals surface area contributed by atoms with E-state index in [2.05, 4.69) is 22.9 Å². The van der Waals surface area contributed by atoms with Crippen LogP contribution in [0.25, 0.3) is 0 Å². The molecule has 2 rings (SSSR count). The Morgan fingerprint density at radius 2 is 2.29 bits per heavy atom. The Labute approximate surface area is 110 Å². The van der Waals surface area contributed by atoms with Crippen LogP contribution in [0.3, 0.4) is 0 Å². The Morgan fingerprint density at radius 3 is 2.88 bits per heavy atom. The number of halogens is 1. The molecule has 1 atom stereocenters. The molecule has 0 radical (unpaired) electrons.